The van der Waals surface area contributed by atoms with Gasteiger partial charge in [0, 0.05) is 5.41 Å². The van der Waals surface area contributed by atoms with Crippen molar-refractivity contribution >= 4 is 12.2 Å². The first-order valence-corrected chi connectivity index (χ1v) is 6.36. The quantitative estimate of drug-likeness (QED) is 0.689. The van der Waals surface area contributed by atoms with Crippen LogP contribution in [-0.4, -0.2) is 0 Å². The zero-order valence-corrected chi connectivity index (χ0v) is 11.3. The molecule has 2 rings (SSSR count). The molecule has 1 aromatic rings. The summed E-state index contributed by atoms with van der Waals surface area (Å²) >= 11 is 0. The third-order valence-electron chi connectivity index (χ3n) is 3.15. The van der Waals surface area contributed by atoms with Gasteiger partial charge in [0.1, 0.15) is 0 Å². The highest BCUT2D eigenvalue weighted by atomic mass is 14.3. The third kappa shape index (κ3) is 3.09. The zero-order valence-electron chi connectivity index (χ0n) is 11.3. The van der Waals surface area contributed by atoms with Gasteiger partial charge in [-0.05, 0) is 22.3 Å². The van der Waals surface area contributed by atoms with E-state index in [2.05, 4.69) is 76.3 Å². The number of benzene rings is 1. The lowest BCUT2D eigenvalue weighted by molar-refractivity contribution is 0.299. The Kier molecular flexibility index (Phi) is 2.99. The minimum absolute atomic E-state index is 0.154. The van der Waals surface area contributed by atoms with Gasteiger partial charge in [0.05, 0.1) is 0 Å². The van der Waals surface area contributed by atoms with Gasteiger partial charge in [0.2, 0.25) is 0 Å². The van der Waals surface area contributed by atoms with Crippen LogP contribution in [0, 0.1) is 10.8 Å². The van der Waals surface area contributed by atoms with E-state index in [1.165, 1.54) is 16.9 Å². The largest absolute Gasteiger partial charge is 0.0747 e. The van der Waals surface area contributed by atoms with E-state index in [4.69, 9.17) is 0 Å². The van der Waals surface area contributed by atoms with E-state index in [1.807, 2.05) is 0 Å². The Morgan fingerprint density at radius 1 is 1.06 bits per heavy atom. The lowest BCUT2D eigenvalue weighted by atomic mass is 9.74. The predicted octanol–water partition coefficient (Wildman–Crippen LogP) is 3.26. The van der Waals surface area contributed by atoms with E-state index >= 15 is 0 Å². The smallest absolute Gasteiger partial charge is 0.00499 e. The van der Waals surface area contributed by atoms with Crippen molar-refractivity contribution in [3.63, 3.8) is 0 Å². The first-order valence-electron chi connectivity index (χ1n) is 6.36. The Labute approximate surface area is 104 Å². The summed E-state index contributed by atoms with van der Waals surface area (Å²) in [6, 6.07) is 8.61. The number of hydrogen-bond acceptors (Lipinski definition) is 0. The summed E-state index contributed by atoms with van der Waals surface area (Å²) in [7, 11) is 0. The molecule has 0 saturated heterocycles. The molecule has 1 aliphatic carbocycles. The molecule has 17 heavy (non-hydrogen) atoms. The van der Waals surface area contributed by atoms with Crippen molar-refractivity contribution in [2.24, 2.45) is 10.8 Å². The summed E-state index contributed by atoms with van der Waals surface area (Å²) in [5, 5.41) is 2.67. The molecule has 0 aliphatic heterocycles. The zero-order chi connectivity index (χ0) is 12.5. The van der Waals surface area contributed by atoms with Crippen LogP contribution < -0.4 is 10.4 Å². The van der Waals surface area contributed by atoms with Crippen molar-refractivity contribution < 1.29 is 0 Å². The molecular weight excluding hydrogens is 204 g/mol. The molecule has 0 nitrogen and oxygen atoms in total. The van der Waals surface area contributed by atoms with Gasteiger partial charge >= 0.3 is 0 Å². The Hall–Kier alpha value is -1.30. The van der Waals surface area contributed by atoms with Gasteiger partial charge in [-0.3, -0.25) is 0 Å². The van der Waals surface area contributed by atoms with E-state index in [0.717, 1.165) is 0 Å². The summed E-state index contributed by atoms with van der Waals surface area (Å²) in [6.07, 6.45) is 10.3. The van der Waals surface area contributed by atoms with Crippen LogP contribution in [0.15, 0.2) is 36.4 Å². The van der Waals surface area contributed by atoms with Gasteiger partial charge in [-0.15, -0.1) is 0 Å². The fraction of sp³-hybridized carbons (Fsp3) is 0.412. The van der Waals surface area contributed by atoms with Gasteiger partial charge in [-0.1, -0.05) is 76.3 Å². The molecular formula is C17H22. The topological polar surface area (TPSA) is 0 Å². The van der Waals surface area contributed by atoms with Gasteiger partial charge < -0.3 is 0 Å². The summed E-state index contributed by atoms with van der Waals surface area (Å²) in [5.41, 5.74) is 0.496. The number of hydrogen-bond donors (Lipinski definition) is 0. The molecule has 0 spiro atoms. The minimum Gasteiger partial charge on any atom is -0.0747 e. The fourth-order valence-electron chi connectivity index (χ4n) is 2.82. The molecule has 90 valence electrons. The molecule has 1 aromatic carbocycles. The van der Waals surface area contributed by atoms with Crippen molar-refractivity contribution in [3.8, 4) is 0 Å². The molecule has 0 heteroatoms. The maximum Gasteiger partial charge on any atom is 0.00499 e. The number of fused-ring (bicyclic) bond motifs is 1. The average Bonchev–Trinajstić information content (AvgIpc) is 2.32. The van der Waals surface area contributed by atoms with Crippen molar-refractivity contribution in [1.82, 2.24) is 0 Å². The summed E-state index contributed by atoms with van der Waals surface area (Å²) < 4.78 is 0. The Balaban J connectivity index is 2.50. The number of allylic oxidation sites excluding steroid dienone is 2. The monoisotopic (exact) mass is 226 g/mol. The van der Waals surface area contributed by atoms with Crippen molar-refractivity contribution in [2.75, 3.05) is 0 Å². The maximum atomic E-state index is 2.41. The third-order valence-corrected chi connectivity index (χ3v) is 3.15. The normalized spacial score (nSPS) is 23.3. The van der Waals surface area contributed by atoms with Crippen LogP contribution in [0.4, 0.5) is 0 Å². The fourth-order valence-corrected chi connectivity index (χ4v) is 2.82. The summed E-state index contributed by atoms with van der Waals surface area (Å²) in [6.45, 7) is 9.24. The molecule has 1 aliphatic rings. The molecule has 0 aromatic heterocycles. The number of rotatable bonds is 1. The van der Waals surface area contributed by atoms with E-state index < -0.39 is 0 Å². The average molecular weight is 226 g/mol. The summed E-state index contributed by atoms with van der Waals surface area (Å²) in [5.74, 6) is 0. The second-order valence-corrected chi connectivity index (χ2v) is 6.54. The highest BCUT2D eigenvalue weighted by Gasteiger charge is 2.25. The molecule has 1 unspecified atom stereocenters. The standard InChI is InChI=1S/C17H22/c1-16(2,3)13-17(4)11-7-10-14-8-5-6-9-15(14)12-17/h5-12H,13H2,1-4H3. The van der Waals surface area contributed by atoms with Crippen LogP contribution in [0.2, 0.25) is 0 Å². The Bertz CT molecular complexity index is 540. The first-order chi connectivity index (χ1) is 7.88. The van der Waals surface area contributed by atoms with Gasteiger partial charge in [0.15, 0.2) is 0 Å². The molecule has 0 amide bonds. The molecule has 0 heterocycles. The SMILES string of the molecule is CC(C)(C)CC1(C)C=CC=c2ccccc2=C1. The van der Waals surface area contributed by atoms with Crippen molar-refractivity contribution in [2.45, 2.75) is 34.1 Å². The van der Waals surface area contributed by atoms with Crippen LogP contribution in [0.1, 0.15) is 34.1 Å². The predicted molar refractivity (Wildman–Crippen MR) is 75.9 cm³/mol. The molecule has 0 bridgehead atoms. The van der Waals surface area contributed by atoms with Crippen LogP contribution >= 0.6 is 0 Å². The van der Waals surface area contributed by atoms with Crippen molar-refractivity contribution in [3.05, 3.63) is 46.9 Å². The second-order valence-electron chi connectivity index (χ2n) is 6.54. The molecule has 0 fully saturated rings. The lowest BCUT2D eigenvalue weighted by Crippen LogP contribution is -2.27. The van der Waals surface area contributed by atoms with Gasteiger partial charge in [0.25, 0.3) is 0 Å². The van der Waals surface area contributed by atoms with E-state index in [0.29, 0.717) is 5.41 Å². The Morgan fingerprint density at radius 2 is 1.71 bits per heavy atom. The van der Waals surface area contributed by atoms with Crippen LogP contribution in [0.3, 0.4) is 0 Å². The van der Waals surface area contributed by atoms with E-state index in [1.54, 1.807) is 0 Å². The highest BCUT2D eigenvalue weighted by Crippen LogP contribution is 2.36. The minimum atomic E-state index is 0.154. The van der Waals surface area contributed by atoms with Crippen LogP contribution in [0.25, 0.3) is 12.2 Å². The first kappa shape index (κ1) is 12.2. The van der Waals surface area contributed by atoms with E-state index in [9.17, 15) is 0 Å². The second kappa shape index (κ2) is 4.18. The molecule has 0 radical (unpaired) electrons. The molecule has 0 saturated carbocycles. The van der Waals surface area contributed by atoms with Gasteiger partial charge in [-0.2, -0.15) is 0 Å². The molecule has 0 N–H and O–H groups in total. The lowest BCUT2D eigenvalue weighted by Gasteiger charge is -2.30. The van der Waals surface area contributed by atoms with Crippen molar-refractivity contribution in [1.29, 1.82) is 0 Å². The van der Waals surface area contributed by atoms with E-state index in [-0.39, 0.29) is 5.41 Å². The van der Waals surface area contributed by atoms with Crippen LogP contribution in [0.5, 0.6) is 0 Å². The van der Waals surface area contributed by atoms with Gasteiger partial charge in [-0.25, -0.2) is 0 Å². The summed E-state index contributed by atoms with van der Waals surface area (Å²) in [4.78, 5) is 0. The Morgan fingerprint density at radius 3 is 2.35 bits per heavy atom. The molecule has 1 atom stereocenters. The van der Waals surface area contributed by atoms with Crippen LogP contribution in [-0.2, 0) is 0 Å². The highest BCUT2D eigenvalue weighted by molar-refractivity contribution is 5.48. The maximum absolute atomic E-state index is 2.41.